The highest BCUT2D eigenvalue weighted by Crippen LogP contribution is 2.32. The Kier molecular flexibility index (Phi) is 3.10. The standard InChI is InChI=1S/C12H15NO2S/c1-8(14)7-12(15)13-5-3-11-10(9(13)2)4-6-16-11/h4,6,9H,3,5,7H2,1-2H3. The highest BCUT2D eigenvalue weighted by atomic mass is 32.1. The van der Waals surface area contributed by atoms with Crippen LogP contribution in [0, 0.1) is 0 Å². The summed E-state index contributed by atoms with van der Waals surface area (Å²) < 4.78 is 0. The Hall–Kier alpha value is -1.16. The van der Waals surface area contributed by atoms with Crippen LogP contribution in [0.3, 0.4) is 0 Å². The van der Waals surface area contributed by atoms with Gasteiger partial charge in [-0.2, -0.15) is 0 Å². The molecule has 2 rings (SSSR count). The average molecular weight is 237 g/mol. The van der Waals surface area contributed by atoms with Crippen LogP contribution >= 0.6 is 11.3 Å². The van der Waals surface area contributed by atoms with Crippen molar-refractivity contribution in [3.63, 3.8) is 0 Å². The number of Topliss-reactive ketones (excluding diaryl/α,β-unsaturated/α-hetero) is 1. The van der Waals surface area contributed by atoms with Gasteiger partial charge in [0.2, 0.25) is 5.91 Å². The van der Waals surface area contributed by atoms with E-state index in [1.807, 2.05) is 11.8 Å². The SMILES string of the molecule is CC(=O)CC(=O)N1CCc2sccc2C1C. The van der Waals surface area contributed by atoms with Crippen LogP contribution in [0.5, 0.6) is 0 Å². The first-order chi connectivity index (χ1) is 7.59. The number of hydrogen-bond donors (Lipinski definition) is 0. The number of thiophene rings is 1. The molecule has 0 N–H and O–H groups in total. The lowest BCUT2D eigenvalue weighted by molar-refractivity contribution is -0.136. The molecule has 86 valence electrons. The minimum Gasteiger partial charge on any atom is -0.335 e. The largest absolute Gasteiger partial charge is 0.335 e. The fourth-order valence-corrected chi connectivity index (χ4v) is 3.13. The smallest absolute Gasteiger partial charge is 0.230 e. The summed E-state index contributed by atoms with van der Waals surface area (Å²) in [6, 6.07) is 2.19. The lowest BCUT2D eigenvalue weighted by Crippen LogP contribution is -2.38. The molecule has 0 aliphatic carbocycles. The van der Waals surface area contributed by atoms with Crippen LogP contribution < -0.4 is 0 Å². The van der Waals surface area contributed by atoms with Crippen LogP contribution in [-0.2, 0) is 16.0 Å². The summed E-state index contributed by atoms with van der Waals surface area (Å²) in [7, 11) is 0. The van der Waals surface area contributed by atoms with Gasteiger partial charge in [-0.15, -0.1) is 11.3 Å². The summed E-state index contributed by atoms with van der Waals surface area (Å²) >= 11 is 1.75. The van der Waals surface area contributed by atoms with Crippen molar-refractivity contribution < 1.29 is 9.59 Å². The molecule has 1 aromatic rings. The monoisotopic (exact) mass is 237 g/mol. The molecule has 2 heterocycles. The molecular formula is C12H15NO2S. The second-order valence-corrected chi connectivity index (χ2v) is 5.19. The van der Waals surface area contributed by atoms with Crippen LogP contribution in [0.2, 0.25) is 0 Å². The number of fused-ring (bicyclic) bond motifs is 1. The molecule has 1 aromatic heterocycles. The quantitative estimate of drug-likeness (QED) is 0.739. The lowest BCUT2D eigenvalue weighted by atomic mass is 10.0. The third-order valence-electron chi connectivity index (χ3n) is 3.00. The normalized spacial score (nSPS) is 19.4. The Morgan fingerprint density at radius 3 is 3.00 bits per heavy atom. The molecule has 0 saturated carbocycles. The summed E-state index contributed by atoms with van der Waals surface area (Å²) in [5.74, 6) is -0.106. The van der Waals surface area contributed by atoms with Gasteiger partial charge in [0.15, 0.2) is 0 Å². The van der Waals surface area contributed by atoms with Crippen molar-refractivity contribution in [3.8, 4) is 0 Å². The van der Waals surface area contributed by atoms with E-state index in [1.165, 1.54) is 17.4 Å². The second-order valence-electron chi connectivity index (χ2n) is 4.19. The van der Waals surface area contributed by atoms with Gasteiger partial charge in [-0.3, -0.25) is 9.59 Å². The van der Waals surface area contributed by atoms with Gasteiger partial charge in [0.1, 0.15) is 5.78 Å². The maximum absolute atomic E-state index is 11.9. The van der Waals surface area contributed by atoms with Crippen molar-refractivity contribution in [1.29, 1.82) is 0 Å². The van der Waals surface area contributed by atoms with E-state index in [0.29, 0.717) is 0 Å². The Bertz CT molecular complexity index is 424. The molecule has 0 saturated heterocycles. The predicted molar refractivity (Wildman–Crippen MR) is 63.4 cm³/mol. The molecule has 1 aliphatic rings. The molecule has 1 amide bonds. The van der Waals surface area contributed by atoms with E-state index in [-0.39, 0.29) is 24.2 Å². The van der Waals surface area contributed by atoms with Crippen LogP contribution in [0.15, 0.2) is 11.4 Å². The van der Waals surface area contributed by atoms with E-state index < -0.39 is 0 Å². The van der Waals surface area contributed by atoms with Crippen molar-refractivity contribution in [1.82, 2.24) is 4.90 Å². The summed E-state index contributed by atoms with van der Waals surface area (Å²) in [5.41, 5.74) is 1.24. The van der Waals surface area contributed by atoms with Crippen LogP contribution in [-0.4, -0.2) is 23.1 Å². The predicted octanol–water partition coefficient (Wildman–Crippen LogP) is 2.17. The summed E-state index contributed by atoms with van der Waals surface area (Å²) in [6.07, 6.45) is 0.949. The van der Waals surface area contributed by atoms with Crippen molar-refractivity contribution in [2.75, 3.05) is 6.54 Å². The molecule has 0 aromatic carbocycles. The highest BCUT2D eigenvalue weighted by molar-refractivity contribution is 7.10. The number of nitrogens with zero attached hydrogens (tertiary/aromatic N) is 1. The maximum atomic E-state index is 11.9. The molecule has 0 radical (unpaired) electrons. The van der Waals surface area contributed by atoms with Crippen molar-refractivity contribution in [2.45, 2.75) is 32.7 Å². The number of ketones is 1. The Morgan fingerprint density at radius 2 is 2.31 bits per heavy atom. The average Bonchev–Trinajstić information content (AvgIpc) is 2.65. The molecule has 0 fully saturated rings. The number of carbonyl (C=O) groups excluding carboxylic acids is 2. The molecule has 3 nitrogen and oxygen atoms in total. The topological polar surface area (TPSA) is 37.4 Å². The molecule has 0 bridgehead atoms. The lowest BCUT2D eigenvalue weighted by Gasteiger charge is -2.33. The zero-order valence-corrected chi connectivity index (χ0v) is 10.3. The summed E-state index contributed by atoms with van der Waals surface area (Å²) in [6.45, 7) is 4.23. The minimum atomic E-state index is -0.0617. The number of rotatable bonds is 2. The van der Waals surface area contributed by atoms with E-state index in [1.54, 1.807) is 11.3 Å². The third-order valence-corrected chi connectivity index (χ3v) is 3.99. The van der Waals surface area contributed by atoms with E-state index in [2.05, 4.69) is 11.4 Å². The van der Waals surface area contributed by atoms with E-state index >= 15 is 0 Å². The van der Waals surface area contributed by atoms with Gasteiger partial charge < -0.3 is 4.90 Å². The van der Waals surface area contributed by atoms with Gasteiger partial charge in [0.25, 0.3) is 0 Å². The highest BCUT2D eigenvalue weighted by Gasteiger charge is 2.28. The summed E-state index contributed by atoms with van der Waals surface area (Å²) in [4.78, 5) is 26.0. The molecular weight excluding hydrogens is 222 g/mol. The van der Waals surface area contributed by atoms with Gasteiger partial charge in [-0.05, 0) is 37.3 Å². The first-order valence-corrected chi connectivity index (χ1v) is 6.32. The fourth-order valence-electron chi connectivity index (χ4n) is 2.16. The Balaban J connectivity index is 2.15. The number of hydrogen-bond acceptors (Lipinski definition) is 3. The Morgan fingerprint density at radius 1 is 1.56 bits per heavy atom. The summed E-state index contributed by atoms with van der Waals surface area (Å²) in [5, 5.41) is 2.07. The first kappa shape index (κ1) is 11.3. The van der Waals surface area contributed by atoms with Crippen molar-refractivity contribution in [3.05, 3.63) is 21.9 Å². The van der Waals surface area contributed by atoms with Gasteiger partial charge in [-0.25, -0.2) is 0 Å². The molecule has 1 aliphatic heterocycles. The molecule has 1 atom stereocenters. The van der Waals surface area contributed by atoms with E-state index in [9.17, 15) is 9.59 Å². The van der Waals surface area contributed by atoms with Crippen molar-refractivity contribution >= 4 is 23.0 Å². The van der Waals surface area contributed by atoms with Crippen LogP contribution in [0.4, 0.5) is 0 Å². The van der Waals surface area contributed by atoms with Gasteiger partial charge in [-0.1, -0.05) is 0 Å². The molecule has 0 spiro atoms. The molecule has 1 unspecified atom stereocenters. The second kappa shape index (κ2) is 4.37. The zero-order valence-electron chi connectivity index (χ0n) is 9.53. The van der Waals surface area contributed by atoms with Gasteiger partial charge in [0, 0.05) is 11.4 Å². The van der Waals surface area contributed by atoms with E-state index in [4.69, 9.17) is 0 Å². The first-order valence-electron chi connectivity index (χ1n) is 5.44. The number of carbonyl (C=O) groups is 2. The van der Waals surface area contributed by atoms with Gasteiger partial charge >= 0.3 is 0 Å². The van der Waals surface area contributed by atoms with Crippen molar-refractivity contribution in [2.24, 2.45) is 0 Å². The number of amides is 1. The van der Waals surface area contributed by atoms with E-state index in [0.717, 1.165) is 13.0 Å². The maximum Gasteiger partial charge on any atom is 0.230 e. The molecule has 4 heteroatoms. The fraction of sp³-hybridized carbons (Fsp3) is 0.500. The van der Waals surface area contributed by atoms with Gasteiger partial charge in [0.05, 0.1) is 12.5 Å². The van der Waals surface area contributed by atoms with Crippen LogP contribution in [0.25, 0.3) is 0 Å². The Labute approximate surface area is 99.1 Å². The minimum absolute atomic E-state index is 0.0316. The third kappa shape index (κ3) is 2.02. The molecule has 16 heavy (non-hydrogen) atoms. The zero-order chi connectivity index (χ0) is 11.7. The van der Waals surface area contributed by atoms with Crippen LogP contribution in [0.1, 0.15) is 36.8 Å².